The lowest BCUT2D eigenvalue weighted by Gasteiger charge is -2.38. The fraction of sp³-hybridized carbons (Fsp3) is 0.429. The zero-order valence-corrected chi connectivity index (χ0v) is 13.6. The van der Waals surface area contributed by atoms with Crippen LogP contribution in [0.3, 0.4) is 0 Å². The third-order valence-electron chi connectivity index (χ3n) is 3.70. The van der Waals surface area contributed by atoms with Crippen molar-refractivity contribution in [2.45, 2.75) is 38.0 Å². The Balaban J connectivity index is 2.19. The van der Waals surface area contributed by atoms with Gasteiger partial charge in [0.1, 0.15) is 12.1 Å². The SMILES string of the molecule is CC1NC(C(=O)O)C(C(=O)Nc2cc(Cl)ccc2Cl)NC1C. The summed E-state index contributed by atoms with van der Waals surface area (Å²) < 4.78 is 0. The minimum absolute atomic E-state index is 0.0545. The molecule has 120 valence electrons. The first kappa shape index (κ1) is 17.0. The number of nitrogens with one attached hydrogen (secondary N) is 3. The van der Waals surface area contributed by atoms with Crippen molar-refractivity contribution in [2.24, 2.45) is 0 Å². The monoisotopic (exact) mass is 345 g/mol. The Bertz CT molecular complexity index is 597. The molecular weight excluding hydrogens is 329 g/mol. The van der Waals surface area contributed by atoms with Crippen LogP contribution in [0, 0.1) is 0 Å². The minimum Gasteiger partial charge on any atom is -0.480 e. The highest BCUT2D eigenvalue weighted by atomic mass is 35.5. The first-order chi connectivity index (χ1) is 10.3. The van der Waals surface area contributed by atoms with Gasteiger partial charge in [-0.15, -0.1) is 0 Å². The third-order valence-corrected chi connectivity index (χ3v) is 4.27. The first-order valence-corrected chi connectivity index (χ1v) is 7.56. The number of carboxylic acid groups (broad SMARTS) is 1. The molecule has 1 amide bonds. The molecule has 1 aliphatic heterocycles. The molecule has 0 radical (unpaired) electrons. The van der Waals surface area contributed by atoms with Gasteiger partial charge in [0.05, 0.1) is 10.7 Å². The molecule has 0 bridgehead atoms. The van der Waals surface area contributed by atoms with Crippen LogP contribution < -0.4 is 16.0 Å². The molecule has 1 aliphatic rings. The summed E-state index contributed by atoms with van der Waals surface area (Å²) in [6, 6.07) is 2.61. The predicted octanol–water partition coefficient (Wildman–Crippen LogP) is 1.72. The van der Waals surface area contributed by atoms with Crippen molar-refractivity contribution in [3.05, 3.63) is 28.2 Å². The summed E-state index contributed by atoms with van der Waals surface area (Å²) in [5.74, 6) is -1.58. The third kappa shape index (κ3) is 3.70. The second-order valence-electron chi connectivity index (χ2n) is 5.32. The molecule has 4 N–H and O–H groups in total. The maximum absolute atomic E-state index is 12.4. The van der Waals surface area contributed by atoms with Crippen LogP contribution in [0.25, 0.3) is 0 Å². The van der Waals surface area contributed by atoms with Crippen LogP contribution in [0.1, 0.15) is 13.8 Å². The summed E-state index contributed by atoms with van der Waals surface area (Å²) in [4.78, 5) is 23.8. The van der Waals surface area contributed by atoms with Gasteiger partial charge in [-0.25, -0.2) is 0 Å². The molecule has 1 saturated heterocycles. The van der Waals surface area contributed by atoms with E-state index in [9.17, 15) is 14.7 Å². The molecule has 1 heterocycles. The molecule has 0 spiro atoms. The Morgan fingerprint density at radius 2 is 1.73 bits per heavy atom. The van der Waals surface area contributed by atoms with Crippen LogP contribution in [-0.2, 0) is 9.59 Å². The number of carboxylic acids is 1. The molecule has 2 rings (SSSR count). The number of piperazine rings is 1. The summed E-state index contributed by atoms with van der Waals surface area (Å²) in [7, 11) is 0. The number of carbonyl (C=O) groups is 2. The number of hydrogen-bond donors (Lipinski definition) is 4. The normalized spacial score (nSPS) is 28.2. The van der Waals surface area contributed by atoms with Gasteiger partial charge in [-0.1, -0.05) is 23.2 Å². The van der Waals surface area contributed by atoms with Gasteiger partial charge in [0.2, 0.25) is 5.91 Å². The van der Waals surface area contributed by atoms with Crippen LogP contribution in [0.5, 0.6) is 0 Å². The minimum atomic E-state index is -1.09. The van der Waals surface area contributed by atoms with E-state index in [1.54, 1.807) is 12.1 Å². The lowest BCUT2D eigenvalue weighted by molar-refractivity contribution is -0.143. The van der Waals surface area contributed by atoms with E-state index in [0.29, 0.717) is 15.7 Å². The molecular formula is C14H17Cl2N3O3. The van der Waals surface area contributed by atoms with Crippen LogP contribution >= 0.6 is 23.2 Å². The number of aliphatic carboxylic acids is 1. The van der Waals surface area contributed by atoms with E-state index in [-0.39, 0.29) is 12.1 Å². The van der Waals surface area contributed by atoms with Gasteiger partial charge in [-0.05, 0) is 32.0 Å². The topological polar surface area (TPSA) is 90.5 Å². The lowest BCUT2D eigenvalue weighted by atomic mass is 9.97. The summed E-state index contributed by atoms with van der Waals surface area (Å²) >= 11 is 11.9. The van der Waals surface area contributed by atoms with Gasteiger partial charge in [0.15, 0.2) is 0 Å². The number of rotatable bonds is 3. The number of halogens is 2. The van der Waals surface area contributed by atoms with Crippen LogP contribution in [-0.4, -0.2) is 41.2 Å². The molecule has 0 aliphatic carbocycles. The lowest BCUT2D eigenvalue weighted by Crippen LogP contribution is -2.69. The van der Waals surface area contributed by atoms with Gasteiger partial charge < -0.3 is 10.4 Å². The Morgan fingerprint density at radius 3 is 2.32 bits per heavy atom. The van der Waals surface area contributed by atoms with Crippen molar-refractivity contribution in [1.82, 2.24) is 10.6 Å². The van der Waals surface area contributed by atoms with Crippen LogP contribution in [0.2, 0.25) is 10.0 Å². The molecule has 1 aromatic carbocycles. The molecule has 8 heteroatoms. The molecule has 0 aromatic heterocycles. The van der Waals surface area contributed by atoms with Crippen molar-refractivity contribution >= 4 is 40.8 Å². The number of anilines is 1. The van der Waals surface area contributed by atoms with Gasteiger partial charge in [-0.3, -0.25) is 20.2 Å². The molecule has 0 saturated carbocycles. The quantitative estimate of drug-likeness (QED) is 0.669. The Hall–Kier alpha value is -1.34. The van der Waals surface area contributed by atoms with E-state index in [1.165, 1.54) is 6.07 Å². The van der Waals surface area contributed by atoms with E-state index in [2.05, 4.69) is 16.0 Å². The predicted molar refractivity (Wildman–Crippen MR) is 85.5 cm³/mol. The second kappa shape index (κ2) is 6.83. The summed E-state index contributed by atoms with van der Waals surface area (Å²) in [6.45, 7) is 3.73. The molecule has 4 unspecified atom stereocenters. The van der Waals surface area contributed by atoms with Gasteiger partial charge in [0, 0.05) is 17.1 Å². The van der Waals surface area contributed by atoms with Crippen molar-refractivity contribution in [1.29, 1.82) is 0 Å². The molecule has 1 fully saturated rings. The number of carbonyl (C=O) groups excluding carboxylic acids is 1. The number of benzene rings is 1. The average molecular weight is 346 g/mol. The summed E-state index contributed by atoms with van der Waals surface area (Å²) in [5, 5.41) is 18.6. The van der Waals surface area contributed by atoms with Gasteiger partial charge >= 0.3 is 5.97 Å². The summed E-state index contributed by atoms with van der Waals surface area (Å²) in [5.41, 5.74) is 0.344. The van der Waals surface area contributed by atoms with E-state index in [1.807, 2.05) is 13.8 Å². The molecule has 22 heavy (non-hydrogen) atoms. The molecule has 6 nitrogen and oxygen atoms in total. The standard InChI is InChI=1S/C14H17Cl2N3O3/c1-6-7(2)18-12(14(21)22)11(17-6)13(20)19-10-5-8(15)3-4-9(10)16/h3-7,11-12,17-18H,1-2H3,(H,19,20)(H,21,22). The maximum atomic E-state index is 12.4. The van der Waals surface area contributed by atoms with Crippen molar-refractivity contribution in [3.8, 4) is 0 Å². The van der Waals surface area contributed by atoms with E-state index in [4.69, 9.17) is 23.2 Å². The highest BCUT2D eigenvalue weighted by molar-refractivity contribution is 6.35. The van der Waals surface area contributed by atoms with Crippen molar-refractivity contribution < 1.29 is 14.7 Å². The molecule has 1 aromatic rings. The van der Waals surface area contributed by atoms with Crippen LogP contribution in [0.15, 0.2) is 18.2 Å². The summed E-state index contributed by atoms with van der Waals surface area (Å²) in [6.07, 6.45) is 0. The second-order valence-corrected chi connectivity index (χ2v) is 6.16. The largest absolute Gasteiger partial charge is 0.480 e. The highest BCUT2D eigenvalue weighted by Crippen LogP contribution is 2.25. The fourth-order valence-corrected chi connectivity index (χ4v) is 2.63. The number of hydrogen-bond acceptors (Lipinski definition) is 4. The molecule has 4 atom stereocenters. The Labute approximate surface area is 138 Å². The van der Waals surface area contributed by atoms with E-state index >= 15 is 0 Å². The van der Waals surface area contributed by atoms with Crippen molar-refractivity contribution in [2.75, 3.05) is 5.32 Å². The highest BCUT2D eigenvalue weighted by Gasteiger charge is 2.40. The van der Waals surface area contributed by atoms with Gasteiger partial charge in [0.25, 0.3) is 0 Å². The van der Waals surface area contributed by atoms with Crippen molar-refractivity contribution in [3.63, 3.8) is 0 Å². The zero-order valence-electron chi connectivity index (χ0n) is 12.1. The maximum Gasteiger partial charge on any atom is 0.322 e. The first-order valence-electron chi connectivity index (χ1n) is 6.80. The van der Waals surface area contributed by atoms with E-state index in [0.717, 1.165) is 0 Å². The van der Waals surface area contributed by atoms with E-state index < -0.39 is 24.0 Å². The smallest absolute Gasteiger partial charge is 0.322 e. The van der Waals surface area contributed by atoms with Gasteiger partial charge in [-0.2, -0.15) is 0 Å². The number of amides is 1. The Kier molecular flexibility index (Phi) is 5.28. The Morgan fingerprint density at radius 1 is 1.14 bits per heavy atom. The van der Waals surface area contributed by atoms with Crippen LogP contribution in [0.4, 0.5) is 5.69 Å². The zero-order chi connectivity index (χ0) is 16.4. The average Bonchev–Trinajstić information content (AvgIpc) is 2.45. The fourth-order valence-electron chi connectivity index (χ4n) is 2.29.